The van der Waals surface area contributed by atoms with E-state index in [1.807, 2.05) is 26.0 Å². The first-order valence-electron chi connectivity index (χ1n) is 5.77. The van der Waals surface area contributed by atoms with Gasteiger partial charge in [0.15, 0.2) is 0 Å². The highest BCUT2D eigenvalue weighted by Crippen LogP contribution is 2.18. The maximum Gasteiger partial charge on any atom is 0.236 e. The number of rotatable bonds is 6. The molecular weight excluding hydrogens is 272 g/mol. The molecule has 0 bridgehead atoms. The van der Waals surface area contributed by atoms with E-state index in [0.717, 1.165) is 18.4 Å². The summed E-state index contributed by atoms with van der Waals surface area (Å²) in [7, 11) is 3.43. The molecule has 1 aromatic carbocycles. The second kappa shape index (κ2) is 6.04. The highest BCUT2D eigenvalue weighted by atomic mass is 35.7. The van der Waals surface area contributed by atoms with Crippen molar-refractivity contribution in [2.75, 3.05) is 7.11 Å². The Morgan fingerprint density at radius 2 is 1.67 bits per heavy atom. The van der Waals surface area contributed by atoms with Crippen LogP contribution in [0.5, 0.6) is 0 Å². The van der Waals surface area contributed by atoms with Crippen LogP contribution < -0.4 is 0 Å². The lowest BCUT2D eigenvalue weighted by Crippen LogP contribution is -2.22. The van der Waals surface area contributed by atoms with Gasteiger partial charge in [0.25, 0.3) is 0 Å². The minimum absolute atomic E-state index is 0.127. The van der Waals surface area contributed by atoms with E-state index in [1.54, 1.807) is 19.2 Å². The van der Waals surface area contributed by atoms with Gasteiger partial charge in [-0.25, -0.2) is 8.42 Å². The van der Waals surface area contributed by atoms with E-state index in [2.05, 4.69) is 0 Å². The lowest BCUT2D eigenvalue weighted by Gasteiger charge is -2.22. The van der Waals surface area contributed by atoms with Crippen LogP contribution in [0.2, 0.25) is 0 Å². The van der Waals surface area contributed by atoms with E-state index < -0.39 is 9.05 Å². The van der Waals surface area contributed by atoms with Crippen molar-refractivity contribution in [2.24, 2.45) is 0 Å². The zero-order valence-corrected chi connectivity index (χ0v) is 12.5. The highest BCUT2D eigenvalue weighted by Gasteiger charge is 2.15. The van der Waals surface area contributed by atoms with Gasteiger partial charge in [-0.05, 0) is 37.8 Å². The Kier molecular flexibility index (Phi) is 5.20. The first kappa shape index (κ1) is 15.5. The third kappa shape index (κ3) is 5.85. The minimum Gasteiger partial charge on any atom is -0.379 e. The summed E-state index contributed by atoms with van der Waals surface area (Å²) in [6.07, 6.45) is 1.81. The molecule has 0 heterocycles. The average molecular weight is 291 g/mol. The summed E-state index contributed by atoms with van der Waals surface area (Å²) >= 11 is 0. The van der Waals surface area contributed by atoms with Crippen molar-refractivity contribution < 1.29 is 13.2 Å². The highest BCUT2D eigenvalue weighted by molar-refractivity contribution is 8.13. The molecule has 1 rings (SSSR count). The van der Waals surface area contributed by atoms with Crippen molar-refractivity contribution >= 4 is 19.7 Å². The van der Waals surface area contributed by atoms with E-state index in [9.17, 15) is 8.42 Å². The predicted molar refractivity (Wildman–Crippen MR) is 74.3 cm³/mol. The summed E-state index contributed by atoms with van der Waals surface area (Å²) < 4.78 is 27.2. The summed E-state index contributed by atoms with van der Waals surface area (Å²) in [5.74, 6) is -0.127. The largest absolute Gasteiger partial charge is 0.379 e. The van der Waals surface area contributed by atoms with Gasteiger partial charge in [0.05, 0.1) is 11.4 Å². The number of hydrogen-bond donors (Lipinski definition) is 0. The van der Waals surface area contributed by atoms with E-state index in [1.165, 1.54) is 0 Å². The molecule has 0 amide bonds. The molecule has 3 nitrogen and oxygen atoms in total. The fourth-order valence-corrected chi connectivity index (χ4v) is 2.52. The fourth-order valence-electron chi connectivity index (χ4n) is 1.55. The van der Waals surface area contributed by atoms with Crippen molar-refractivity contribution in [3.63, 3.8) is 0 Å². The van der Waals surface area contributed by atoms with Crippen LogP contribution in [0.1, 0.15) is 31.4 Å². The lowest BCUT2D eigenvalue weighted by atomic mass is 9.98. The maximum atomic E-state index is 10.9. The van der Waals surface area contributed by atoms with Crippen LogP contribution in [0.3, 0.4) is 0 Å². The molecule has 0 saturated carbocycles. The summed E-state index contributed by atoms with van der Waals surface area (Å²) in [4.78, 5) is 0. The van der Waals surface area contributed by atoms with E-state index in [4.69, 9.17) is 15.4 Å². The van der Waals surface area contributed by atoms with Crippen molar-refractivity contribution in [1.82, 2.24) is 0 Å². The molecule has 5 heteroatoms. The zero-order chi connectivity index (χ0) is 13.8. The van der Waals surface area contributed by atoms with Gasteiger partial charge in [0.1, 0.15) is 0 Å². The zero-order valence-electron chi connectivity index (χ0n) is 10.9. The molecule has 102 valence electrons. The predicted octanol–water partition coefficient (Wildman–Crippen LogP) is 3.11. The molecule has 0 saturated heterocycles. The Morgan fingerprint density at radius 3 is 2.11 bits per heavy atom. The van der Waals surface area contributed by atoms with Crippen LogP contribution in [0, 0.1) is 0 Å². The summed E-state index contributed by atoms with van der Waals surface area (Å²) in [6.45, 7) is 4.09. The first-order chi connectivity index (χ1) is 8.22. The van der Waals surface area contributed by atoms with Gasteiger partial charge in [-0.3, -0.25) is 0 Å². The monoisotopic (exact) mass is 290 g/mol. The van der Waals surface area contributed by atoms with Gasteiger partial charge in [0, 0.05) is 17.8 Å². The Balaban J connectivity index is 2.61. The molecule has 0 aromatic heterocycles. The van der Waals surface area contributed by atoms with E-state index in [0.29, 0.717) is 5.56 Å². The second-order valence-corrected chi connectivity index (χ2v) is 7.74. The molecule has 0 aliphatic rings. The molecule has 0 radical (unpaired) electrons. The number of halogens is 1. The quantitative estimate of drug-likeness (QED) is 0.756. The number of ether oxygens (including phenoxy) is 1. The Labute approximate surface area is 114 Å². The Hall–Kier alpha value is -0.580. The molecular formula is C13H19ClO3S. The normalized spacial score (nSPS) is 12.7. The standard InChI is InChI=1S/C13H19ClO3S/c1-13(2,17-3)9-8-11-4-6-12(7-5-11)10-18(14,15)16/h4-7H,8-10H2,1-3H3. The molecule has 0 aliphatic heterocycles. The van der Waals surface area contributed by atoms with E-state index >= 15 is 0 Å². The summed E-state index contributed by atoms with van der Waals surface area (Å²) in [5.41, 5.74) is 1.73. The first-order valence-corrected chi connectivity index (χ1v) is 8.25. The molecule has 18 heavy (non-hydrogen) atoms. The molecule has 1 aromatic rings. The minimum atomic E-state index is -3.48. The van der Waals surface area contributed by atoms with E-state index in [-0.39, 0.29) is 11.4 Å². The lowest BCUT2D eigenvalue weighted by molar-refractivity contribution is 0.0158. The van der Waals surface area contributed by atoms with Crippen molar-refractivity contribution in [3.8, 4) is 0 Å². The number of aryl methyl sites for hydroxylation is 1. The van der Waals surface area contributed by atoms with Crippen LogP contribution in [0.4, 0.5) is 0 Å². The Bertz CT molecular complexity index is 477. The van der Waals surface area contributed by atoms with Crippen LogP contribution in [-0.2, 0) is 26.0 Å². The van der Waals surface area contributed by atoms with Crippen LogP contribution in [0.15, 0.2) is 24.3 Å². The second-order valence-electron chi connectivity index (χ2n) is 4.96. The van der Waals surface area contributed by atoms with Crippen LogP contribution >= 0.6 is 10.7 Å². The molecule has 0 aliphatic carbocycles. The van der Waals surface area contributed by atoms with Gasteiger partial charge in [-0.1, -0.05) is 24.3 Å². The van der Waals surface area contributed by atoms with Crippen LogP contribution in [-0.4, -0.2) is 21.1 Å². The third-order valence-corrected chi connectivity index (χ3v) is 3.94. The molecule has 0 fully saturated rings. The maximum absolute atomic E-state index is 10.9. The number of benzene rings is 1. The van der Waals surface area contributed by atoms with Gasteiger partial charge in [-0.15, -0.1) is 0 Å². The summed E-state index contributed by atoms with van der Waals surface area (Å²) in [6, 6.07) is 7.47. The number of hydrogen-bond acceptors (Lipinski definition) is 3. The molecule has 0 spiro atoms. The van der Waals surface area contributed by atoms with Crippen molar-refractivity contribution in [2.45, 2.75) is 38.0 Å². The average Bonchev–Trinajstić information content (AvgIpc) is 2.26. The van der Waals surface area contributed by atoms with Gasteiger partial charge >= 0.3 is 0 Å². The molecule has 0 unspecified atom stereocenters. The van der Waals surface area contributed by atoms with Gasteiger partial charge in [-0.2, -0.15) is 0 Å². The smallest absolute Gasteiger partial charge is 0.236 e. The van der Waals surface area contributed by atoms with Gasteiger partial charge < -0.3 is 4.74 Å². The van der Waals surface area contributed by atoms with Crippen molar-refractivity contribution in [1.29, 1.82) is 0 Å². The molecule has 0 atom stereocenters. The SMILES string of the molecule is COC(C)(C)CCc1ccc(CS(=O)(=O)Cl)cc1. The van der Waals surface area contributed by atoms with Gasteiger partial charge in [0.2, 0.25) is 9.05 Å². The third-order valence-electron chi connectivity index (χ3n) is 2.93. The topological polar surface area (TPSA) is 43.4 Å². The van der Waals surface area contributed by atoms with Crippen molar-refractivity contribution in [3.05, 3.63) is 35.4 Å². The fraction of sp³-hybridized carbons (Fsp3) is 0.538. The Morgan fingerprint density at radius 1 is 1.17 bits per heavy atom. The molecule has 0 N–H and O–H groups in total. The van der Waals surface area contributed by atoms with Crippen LogP contribution in [0.25, 0.3) is 0 Å². The summed E-state index contributed by atoms with van der Waals surface area (Å²) in [5, 5.41) is 0. The number of methoxy groups -OCH3 is 1.